The fourth-order valence-corrected chi connectivity index (χ4v) is 3.02. The van der Waals surface area contributed by atoms with Crippen LogP contribution in [0, 0.1) is 32.1 Å². The van der Waals surface area contributed by atoms with Gasteiger partial charge in [0.15, 0.2) is 5.82 Å². The van der Waals surface area contributed by atoms with Gasteiger partial charge in [-0.25, -0.2) is 0 Å². The molecule has 1 fully saturated rings. The number of nitrogens with zero attached hydrogens (tertiary/aromatic N) is 6. The molecule has 0 saturated carbocycles. The summed E-state index contributed by atoms with van der Waals surface area (Å²) in [5, 5.41) is 22.4. The number of hydrogen-bond donors (Lipinski definition) is 0. The molecule has 1 aliphatic heterocycles. The van der Waals surface area contributed by atoms with Crippen LogP contribution in [0.3, 0.4) is 0 Å². The molecule has 0 radical (unpaired) electrons. The van der Waals surface area contributed by atoms with Crippen LogP contribution in [0.4, 0.5) is 5.82 Å². The average Bonchev–Trinajstić information content (AvgIpc) is 3.11. The van der Waals surface area contributed by atoms with Crippen LogP contribution in [0.25, 0.3) is 0 Å². The van der Waals surface area contributed by atoms with Crippen LogP contribution in [0.5, 0.6) is 0 Å². The Labute approximate surface area is 130 Å². The molecule has 0 amide bonds. The number of aryl methyl sites for hydroxylation is 2. The van der Waals surface area contributed by atoms with Crippen molar-refractivity contribution in [2.45, 2.75) is 46.2 Å². The number of aromatic nitrogens is 4. The zero-order valence-electron chi connectivity index (χ0n) is 13.2. The molecule has 2 aromatic rings. The Bertz CT molecular complexity index is 727. The lowest BCUT2D eigenvalue weighted by Crippen LogP contribution is -2.34. The first kappa shape index (κ1) is 14.5. The Morgan fingerprint density at radius 2 is 2.14 bits per heavy atom. The summed E-state index contributed by atoms with van der Waals surface area (Å²) < 4.78 is 1.97. The molecule has 0 bridgehead atoms. The summed E-state index contributed by atoms with van der Waals surface area (Å²) in [6.07, 6.45) is 6.10. The molecule has 2 aromatic heterocycles. The topological polar surface area (TPSA) is 70.6 Å². The smallest absolute Gasteiger partial charge is 0.169 e. The maximum absolute atomic E-state index is 9.50. The Hall–Kier alpha value is -2.42. The SMILES string of the molecule is Cc1cnn(C[C@H]2CCCN2c2nnc(C)c(C)c2C#N)c1. The number of nitriles is 1. The maximum Gasteiger partial charge on any atom is 0.169 e. The van der Waals surface area contributed by atoms with E-state index in [1.807, 2.05) is 37.8 Å². The summed E-state index contributed by atoms with van der Waals surface area (Å²) >= 11 is 0. The molecule has 6 heteroatoms. The van der Waals surface area contributed by atoms with Crippen molar-refractivity contribution in [1.29, 1.82) is 5.26 Å². The largest absolute Gasteiger partial charge is 0.349 e. The summed E-state index contributed by atoms with van der Waals surface area (Å²) in [5.41, 5.74) is 3.55. The van der Waals surface area contributed by atoms with E-state index in [-0.39, 0.29) is 0 Å². The fraction of sp³-hybridized carbons (Fsp3) is 0.500. The van der Waals surface area contributed by atoms with E-state index in [2.05, 4.69) is 26.3 Å². The van der Waals surface area contributed by atoms with Crippen molar-refractivity contribution in [3.05, 3.63) is 34.8 Å². The molecule has 0 aliphatic carbocycles. The molecule has 3 heterocycles. The second-order valence-electron chi connectivity index (χ2n) is 5.95. The zero-order valence-corrected chi connectivity index (χ0v) is 13.2. The van der Waals surface area contributed by atoms with E-state index in [9.17, 15) is 5.26 Å². The Kier molecular flexibility index (Phi) is 3.80. The number of anilines is 1. The van der Waals surface area contributed by atoms with Gasteiger partial charge in [0.05, 0.1) is 24.5 Å². The summed E-state index contributed by atoms with van der Waals surface area (Å²) in [5.74, 6) is 0.719. The monoisotopic (exact) mass is 296 g/mol. The van der Waals surface area contributed by atoms with Gasteiger partial charge in [0.25, 0.3) is 0 Å². The number of hydrogen-bond acceptors (Lipinski definition) is 5. The van der Waals surface area contributed by atoms with E-state index in [1.54, 1.807) is 0 Å². The van der Waals surface area contributed by atoms with Crippen molar-refractivity contribution < 1.29 is 0 Å². The van der Waals surface area contributed by atoms with Crippen LogP contribution in [0.2, 0.25) is 0 Å². The predicted octanol–water partition coefficient (Wildman–Crippen LogP) is 2.14. The standard InChI is InChI=1S/C16H20N6/c1-11-8-18-21(9-11)10-14-5-4-6-22(14)16-15(7-17)12(2)13(3)19-20-16/h8-9,14H,4-6,10H2,1-3H3/t14-/m1/s1. The molecule has 1 aliphatic rings. The Morgan fingerprint density at radius 1 is 1.32 bits per heavy atom. The van der Waals surface area contributed by atoms with Crippen LogP contribution >= 0.6 is 0 Å². The molecule has 1 atom stereocenters. The van der Waals surface area contributed by atoms with Crippen molar-refractivity contribution in [1.82, 2.24) is 20.0 Å². The van der Waals surface area contributed by atoms with E-state index in [4.69, 9.17) is 0 Å². The quantitative estimate of drug-likeness (QED) is 0.868. The van der Waals surface area contributed by atoms with Crippen LogP contribution < -0.4 is 4.90 Å². The molecule has 0 N–H and O–H groups in total. The molecule has 3 rings (SSSR count). The van der Waals surface area contributed by atoms with Gasteiger partial charge in [-0.3, -0.25) is 4.68 Å². The first-order valence-corrected chi connectivity index (χ1v) is 7.60. The van der Waals surface area contributed by atoms with E-state index in [1.165, 1.54) is 0 Å². The molecule has 0 unspecified atom stereocenters. The lowest BCUT2D eigenvalue weighted by atomic mass is 10.1. The van der Waals surface area contributed by atoms with Crippen molar-refractivity contribution >= 4 is 5.82 Å². The minimum atomic E-state index is 0.308. The van der Waals surface area contributed by atoms with Crippen LogP contribution in [0.15, 0.2) is 12.4 Å². The normalized spacial score (nSPS) is 17.7. The highest BCUT2D eigenvalue weighted by Gasteiger charge is 2.29. The summed E-state index contributed by atoms with van der Waals surface area (Å²) in [4.78, 5) is 2.22. The van der Waals surface area contributed by atoms with E-state index in [0.717, 1.165) is 48.6 Å². The van der Waals surface area contributed by atoms with Gasteiger partial charge >= 0.3 is 0 Å². The first-order valence-electron chi connectivity index (χ1n) is 7.60. The minimum Gasteiger partial charge on any atom is -0.349 e. The summed E-state index contributed by atoms with van der Waals surface area (Å²) in [6, 6.07) is 2.61. The van der Waals surface area contributed by atoms with Crippen LogP contribution in [-0.2, 0) is 6.54 Å². The second-order valence-corrected chi connectivity index (χ2v) is 5.95. The minimum absolute atomic E-state index is 0.308. The molecule has 0 spiro atoms. The average molecular weight is 296 g/mol. The van der Waals surface area contributed by atoms with Gasteiger partial charge in [-0.1, -0.05) is 0 Å². The highest BCUT2D eigenvalue weighted by Crippen LogP contribution is 2.29. The van der Waals surface area contributed by atoms with Gasteiger partial charge in [-0.2, -0.15) is 15.5 Å². The van der Waals surface area contributed by atoms with Gasteiger partial charge in [-0.15, -0.1) is 5.10 Å². The van der Waals surface area contributed by atoms with Crippen LogP contribution in [-0.4, -0.2) is 32.6 Å². The van der Waals surface area contributed by atoms with Crippen molar-refractivity contribution in [3.63, 3.8) is 0 Å². The van der Waals surface area contributed by atoms with Crippen molar-refractivity contribution in [3.8, 4) is 6.07 Å². The highest BCUT2D eigenvalue weighted by molar-refractivity contribution is 5.58. The third-order valence-corrected chi connectivity index (χ3v) is 4.36. The second kappa shape index (κ2) is 5.76. The van der Waals surface area contributed by atoms with Gasteiger partial charge in [0.1, 0.15) is 11.6 Å². The van der Waals surface area contributed by atoms with Crippen molar-refractivity contribution in [2.75, 3.05) is 11.4 Å². The molecular weight excluding hydrogens is 276 g/mol. The molecule has 6 nitrogen and oxygen atoms in total. The highest BCUT2D eigenvalue weighted by atomic mass is 15.3. The lowest BCUT2D eigenvalue weighted by Gasteiger charge is -2.26. The Balaban J connectivity index is 1.90. The van der Waals surface area contributed by atoms with Gasteiger partial charge in [-0.05, 0) is 44.7 Å². The molecule has 114 valence electrons. The number of rotatable bonds is 3. The third-order valence-electron chi connectivity index (χ3n) is 4.36. The fourth-order valence-electron chi connectivity index (χ4n) is 3.02. The first-order chi connectivity index (χ1) is 10.6. The van der Waals surface area contributed by atoms with E-state index in [0.29, 0.717) is 11.6 Å². The van der Waals surface area contributed by atoms with Gasteiger partial charge < -0.3 is 4.90 Å². The third kappa shape index (κ3) is 2.54. The van der Waals surface area contributed by atoms with Crippen LogP contribution in [0.1, 0.15) is 35.2 Å². The summed E-state index contributed by atoms with van der Waals surface area (Å²) in [6.45, 7) is 7.59. The maximum atomic E-state index is 9.50. The van der Waals surface area contributed by atoms with Crippen molar-refractivity contribution in [2.24, 2.45) is 0 Å². The summed E-state index contributed by atoms with van der Waals surface area (Å²) in [7, 11) is 0. The molecule has 1 saturated heterocycles. The molecular formula is C16H20N6. The molecule has 22 heavy (non-hydrogen) atoms. The zero-order chi connectivity index (χ0) is 15.7. The molecule has 0 aromatic carbocycles. The van der Waals surface area contributed by atoms with E-state index >= 15 is 0 Å². The van der Waals surface area contributed by atoms with Gasteiger partial charge in [0.2, 0.25) is 0 Å². The van der Waals surface area contributed by atoms with E-state index < -0.39 is 0 Å². The van der Waals surface area contributed by atoms with Gasteiger partial charge in [0, 0.05) is 12.7 Å². The Morgan fingerprint density at radius 3 is 2.82 bits per heavy atom. The lowest BCUT2D eigenvalue weighted by molar-refractivity contribution is 0.506. The predicted molar refractivity (Wildman–Crippen MR) is 83.6 cm³/mol.